The quantitative estimate of drug-likeness (QED) is 0.863. The van der Waals surface area contributed by atoms with Crippen LogP contribution < -0.4 is 11.1 Å². The first-order valence-corrected chi connectivity index (χ1v) is 6.58. The predicted molar refractivity (Wildman–Crippen MR) is 75.4 cm³/mol. The summed E-state index contributed by atoms with van der Waals surface area (Å²) in [6.45, 7) is 5.98. The monoisotopic (exact) mass is 268 g/mol. The molecule has 0 saturated heterocycles. The summed E-state index contributed by atoms with van der Waals surface area (Å²) in [6.07, 6.45) is 0.344. The molecule has 1 aromatic carbocycles. The van der Waals surface area contributed by atoms with Crippen LogP contribution in [0.15, 0.2) is 24.3 Å². The lowest BCUT2D eigenvalue weighted by atomic mass is 9.96. The molecule has 2 atom stereocenters. The van der Waals surface area contributed by atoms with Crippen molar-refractivity contribution < 1.29 is 4.79 Å². The molecule has 0 aliphatic heterocycles. The van der Waals surface area contributed by atoms with E-state index in [1.54, 1.807) is 0 Å². The van der Waals surface area contributed by atoms with E-state index in [1.807, 2.05) is 31.2 Å². The van der Waals surface area contributed by atoms with Crippen LogP contribution in [0.1, 0.15) is 38.8 Å². The minimum Gasteiger partial charge on any atom is -0.349 e. The van der Waals surface area contributed by atoms with Crippen molar-refractivity contribution in [2.45, 2.75) is 39.3 Å². The van der Waals surface area contributed by atoms with E-state index in [1.165, 1.54) is 0 Å². The molecule has 0 saturated carbocycles. The van der Waals surface area contributed by atoms with Crippen LogP contribution in [0, 0.1) is 5.92 Å². The summed E-state index contributed by atoms with van der Waals surface area (Å²) in [7, 11) is 0. The van der Waals surface area contributed by atoms with Gasteiger partial charge >= 0.3 is 0 Å². The lowest BCUT2D eigenvalue weighted by molar-refractivity contribution is -0.122. The van der Waals surface area contributed by atoms with Crippen molar-refractivity contribution in [1.29, 1.82) is 0 Å². The van der Waals surface area contributed by atoms with Gasteiger partial charge in [0.25, 0.3) is 0 Å². The highest BCUT2D eigenvalue weighted by Gasteiger charge is 2.18. The van der Waals surface area contributed by atoms with Gasteiger partial charge in [-0.15, -0.1) is 0 Å². The lowest BCUT2D eigenvalue weighted by Gasteiger charge is -2.23. The Labute approximate surface area is 114 Å². The van der Waals surface area contributed by atoms with Crippen molar-refractivity contribution in [3.8, 4) is 0 Å². The maximum Gasteiger partial charge on any atom is 0.222 e. The number of amides is 1. The number of rotatable bonds is 5. The summed E-state index contributed by atoms with van der Waals surface area (Å²) < 4.78 is 0. The van der Waals surface area contributed by atoms with E-state index in [0.29, 0.717) is 17.4 Å². The van der Waals surface area contributed by atoms with E-state index < -0.39 is 0 Å². The number of nitrogens with one attached hydrogen (secondary N) is 1. The molecule has 1 aromatic rings. The van der Waals surface area contributed by atoms with Gasteiger partial charge in [-0.2, -0.15) is 0 Å². The summed E-state index contributed by atoms with van der Waals surface area (Å²) in [4.78, 5) is 11.8. The van der Waals surface area contributed by atoms with Crippen LogP contribution in [0.4, 0.5) is 0 Å². The van der Waals surface area contributed by atoms with Gasteiger partial charge in [-0.1, -0.05) is 37.6 Å². The molecule has 0 aliphatic carbocycles. The van der Waals surface area contributed by atoms with Crippen molar-refractivity contribution in [2.24, 2.45) is 11.7 Å². The summed E-state index contributed by atoms with van der Waals surface area (Å²) >= 11 is 5.87. The summed E-state index contributed by atoms with van der Waals surface area (Å²) in [5.41, 5.74) is 6.69. The van der Waals surface area contributed by atoms with E-state index in [4.69, 9.17) is 17.3 Å². The van der Waals surface area contributed by atoms with E-state index >= 15 is 0 Å². The second kappa shape index (κ2) is 6.76. The molecular weight excluding hydrogens is 248 g/mol. The van der Waals surface area contributed by atoms with Crippen molar-refractivity contribution >= 4 is 17.5 Å². The fourth-order valence-electron chi connectivity index (χ4n) is 1.83. The van der Waals surface area contributed by atoms with Crippen LogP contribution in [0.25, 0.3) is 0 Å². The minimum absolute atomic E-state index is 0.00600. The normalized spacial score (nSPS) is 14.3. The van der Waals surface area contributed by atoms with Gasteiger partial charge in [0, 0.05) is 17.5 Å². The molecule has 1 amide bonds. The Hall–Kier alpha value is -1.06. The zero-order chi connectivity index (χ0) is 13.7. The van der Waals surface area contributed by atoms with Crippen molar-refractivity contribution in [3.05, 3.63) is 34.9 Å². The average molecular weight is 269 g/mol. The number of hydrogen-bond acceptors (Lipinski definition) is 2. The van der Waals surface area contributed by atoms with Gasteiger partial charge in [0.1, 0.15) is 0 Å². The Balaban J connectivity index is 2.77. The first-order chi connectivity index (χ1) is 8.40. The Morgan fingerprint density at radius 1 is 1.28 bits per heavy atom. The molecule has 2 unspecified atom stereocenters. The van der Waals surface area contributed by atoms with E-state index in [9.17, 15) is 4.79 Å². The number of nitrogens with two attached hydrogens (primary N) is 1. The first-order valence-electron chi connectivity index (χ1n) is 6.20. The molecule has 1 rings (SSSR count). The largest absolute Gasteiger partial charge is 0.349 e. The SMILES string of the molecule is CC(N)CC(=O)NC(c1ccc(Cl)cc1)C(C)C. The molecule has 0 fully saturated rings. The first kappa shape index (κ1) is 15.0. The van der Waals surface area contributed by atoms with Gasteiger partial charge in [0.2, 0.25) is 5.91 Å². The number of carbonyl (C=O) groups is 1. The Bertz CT molecular complexity index is 387. The van der Waals surface area contributed by atoms with Gasteiger partial charge in [-0.25, -0.2) is 0 Å². The number of hydrogen-bond donors (Lipinski definition) is 2. The van der Waals surface area contributed by atoms with Crippen LogP contribution in [0.2, 0.25) is 5.02 Å². The maximum atomic E-state index is 11.8. The molecule has 4 heteroatoms. The number of halogens is 1. The molecule has 0 heterocycles. The van der Waals surface area contributed by atoms with Crippen LogP contribution in [-0.2, 0) is 4.79 Å². The summed E-state index contributed by atoms with van der Waals surface area (Å²) in [5.74, 6) is 0.293. The Morgan fingerprint density at radius 3 is 2.28 bits per heavy atom. The second-order valence-corrected chi connectivity index (χ2v) is 5.46. The fraction of sp³-hybridized carbons (Fsp3) is 0.500. The van der Waals surface area contributed by atoms with Crippen molar-refractivity contribution in [3.63, 3.8) is 0 Å². The maximum absolute atomic E-state index is 11.8. The zero-order valence-corrected chi connectivity index (χ0v) is 11.9. The van der Waals surface area contributed by atoms with E-state index in [-0.39, 0.29) is 18.0 Å². The van der Waals surface area contributed by atoms with Gasteiger partial charge in [0.05, 0.1) is 6.04 Å². The molecule has 0 spiro atoms. The van der Waals surface area contributed by atoms with Gasteiger partial charge < -0.3 is 11.1 Å². The third kappa shape index (κ3) is 4.67. The van der Waals surface area contributed by atoms with Gasteiger partial charge in [0.15, 0.2) is 0 Å². The highest BCUT2D eigenvalue weighted by atomic mass is 35.5. The van der Waals surface area contributed by atoms with Crippen molar-refractivity contribution in [1.82, 2.24) is 5.32 Å². The average Bonchev–Trinajstić information content (AvgIpc) is 2.26. The lowest BCUT2D eigenvalue weighted by Crippen LogP contribution is -2.35. The van der Waals surface area contributed by atoms with Gasteiger partial charge in [-0.05, 0) is 30.5 Å². The summed E-state index contributed by atoms with van der Waals surface area (Å²) in [6, 6.07) is 7.43. The Morgan fingerprint density at radius 2 is 1.83 bits per heavy atom. The number of benzene rings is 1. The van der Waals surface area contributed by atoms with Crippen molar-refractivity contribution in [2.75, 3.05) is 0 Å². The smallest absolute Gasteiger partial charge is 0.222 e. The third-order valence-corrected chi connectivity index (χ3v) is 2.97. The van der Waals surface area contributed by atoms with E-state index in [2.05, 4.69) is 19.2 Å². The van der Waals surface area contributed by atoms with Crippen LogP contribution in [0.3, 0.4) is 0 Å². The molecule has 3 nitrogen and oxygen atoms in total. The zero-order valence-electron chi connectivity index (χ0n) is 11.1. The van der Waals surface area contributed by atoms with Gasteiger partial charge in [-0.3, -0.25) is 4.79 Å². The topological polar surface area (TPSA) is 55.1 Å². The molecular formula is C14H21ClN2O. The highest BCUT2D eigenvalue weighted by molar-refractivity contribution is 6.30. The minimum atomic E-state index is -0.122. The second-order valence-electron chi connectivity index (χ2n) is 5.02. The van der Waals surface area contributed by atoms with Crippen LogP contribution in [-0.4, -0.2) is 11.9 Å². The molecule has 0 radical (unpaired) electrons. The van der Waals surface area contributed by atoms with Crippen LogP contribution in [0.5, 0.6) is 0 Å². The van der Waals surface area contributed by atoms with E-state index in [0.717, 1.165) is 5.56 Å². The molecule has 3 N–H and O–H groups in total. The summed E-state index contributed by atoms with van der Waals surface area (Å²) in [5, 5.41) is 3.72. The Kier molecular flexibility index (Phi) is 5.63. The molecule has 0 bridgehead atoms. The molecule has 18 heavy (non-hydrogen) atoms. The third-order valence-electron chi connectivity index (χ3n) is 2.72. The molecule has 0 aromatic heterocycles. The molecule has 100 valence electrons. The van der Waals surface area contributed by atoms with Crippen LogP contribution >= 0.6 is 11.6 Å². The fourth-order valence-corrected chi connectivity index (χ4v) is 1.96. The number of carbonyl (C=O) groups excluding carboxylic acids is 1. The predicted octanol–water partition coefficient (Wildman–Crippen LogP) is 2.89. The highest BCUT2D eigenvalue weighted by Crippen LogP contribution is 2.23. The standard InChI is InChI=1S/C14H21ClN2O/c1-9(2)14(17-13(18)8-10(3)16)11-4-6-12(15)7-5-11/h4-7,9-10,14H,8,16H2,1-3H3,(H,17,18). The molecule has 0 aliphatic rings.